The molecule has 1 rings (SSSR count). The summed E-state index contributed by atoms with van der Waals surface area (Å²) in [5, 5.41) is 0. The highest BCUT2D eigenvalue weighted by molar-refractivity contribution is 6.71. The Morgan fingerprint density at radius 2 is 1.79 bits per heavy atom. The molecule has 24 heavy (non-hydrogen) atoms. The lowest BCUT2D eigenvalue weighted by atomic mass is 10.0. The van der Waals surface area contributed by atoms with E-state index in [2.05, 4.69) is 24.8 Å². The molecule has 0 fully saturated rings. The van der Waals surface area contributed by atoms with Crippen LogP contribution in [-0.4, -0.2) is 27.2 Å². The second-order valence-corrected chi connectivity index (χ2v) is 11.5. The van der Waals surface area contributed by atoms with Crippen LogP contribution in [-0.2, 0) is 18.8 Å². The van der Waals surface area contributed by atoms with Crippen LogP contribution in [0.2, 0.25) is 19.1 Å². The van der Waals surface area contributed by atoms with Crippen LogP contribution < -0.4 is 0 Å². The third kappa shape index (κ3) is 7.64. The molecule has 0 spiro atoms. The molecular formula is C19H34O4Si. The Kier molecular flexibility index (Phi) is 9.33. The fraction of sp³-hybridized carbons (Fsp3) is 0.789. The number of esters is 1. The SMILES string of the molecule is CCCC[Si](C)(C)OC1=C(CCCCCCC(=O)OC)C(=O)CC1. The summed E-state index contributed by atoms with van der Waals surface area (Å²) < 4.78 is 11.0. The summed E-state index contributed by atoms with van der Waals surface area (Å²) in [7, 11) is -0.275. The first-order valence-electron chi connectivity index (χ1n) is 9.40. The summed E-state index contributed by atoms with van der Waals surface area (Å²) >= 11 is 0. The van der Waals surface area contributed by atoms with Crippen molar-refractivity contribution in [3.05, 3.63) is 11.3 Å². The molecular weight excluding hydrogens is 320 g/mol. The van der Waals surface area contributed by atoms with Crippen molar-refractivity contribution in [1.82, 2.24) is 0 Å². The third-order valence-electron chi connectivity index (χ3n) is 4.57. The first kappa shape index (κ1) is 20.9. The van der Waals surface area contributed by atoms with E-state index in [9.17, 15) is 9.59 Å². The van der Waals surface area contributed by atoms with Gasteiger partial charge in [0.1, 0.15) is 0 Å². The molecule has 0 aliphatic heterocycles. The minimum atomic E-state index is -1.70. The smallest absolute Gasteiger partial charge is 0.305 e. The Morgan fingerprint density at radius 1 is 1.08 bits per heavy atom. The number of carbonyl (C=O) groups excluding carboxylic acids is 2. The molecule has 5 heteroatoms. The summed E-state index contributed by atoms with van der Waals surface area (Å²) in [6.07, 6.45) is 9.01. The highest BCUT2D eigenvalue weighted by Crippen LogP contribution is 2.31. The fourth-order valence-corrected chi connectivity index (χ4v) is 5.29. The average Bonchev–Trinajstić information content (AvgIpc) is 2.88. The second-order valence-electron chi connectivity index (χ2n) is 7.28. The van der Waals surface area contributed by atoms with Gasteiger partial charge in [-0.1, -0.05) is 32.6 Å². The number of carbonyl (C=O) groups is 2. The van der Waals surface area contributed by atoms with E-state index in [-0.39, 0.29) is 11.8 Å². The largest absolute Gasteiger partial charge is 0.547 e. The van der Waals surface area contributed by atoms with Gasteiger partial charge in [0.25, 0.3) is 0 Å². The minimum Gasteiger partial charge on any atom is -0.547 e. The van der Waals surface area contributed by atoms with Gasteiger partial charge in [-0.25, -0.2) is 0 Å². The molecule has 0 heterocycles. The summed E-state index contributed by atoms with van der Waals surface area (Å²) in [5.41, 5.74) is 0.944. The normalized spacial score (nSPS) is 15.1. The van der Waals surface area contributed by atoms with Crippen LogP contribution in [0.1, 0.15) is 71.1 Å². The Bertz CT molecular complexity index is 454. The van der Waals surface area contributed by atoms with Gasteiger partial charge < -0.3 is 9.16 Å². The van der Waals surface area contributed by atoms with Crippen molar-refractivity contribution in [2.75, 3.05) is 7.11 Å². The van der Waals surface area contributed by atoms with E-state index < -0.39 is 8.32 Å². The van der Waals surface area contributed by atoms with Crippen molar-refractivity contribution >= 4 is 20.1 Å². The number of rotatable bonds is 12. The molecule has 0 aromatic carbocycles. The molecule has 138 valence electrons. The maximum Gasteiger partial charge on any atom is 0.305 e. The molecule has 0 atom stereocenters. The van der Waals surface area contributed by atoms with E-state index in [1.54, 1.807) is 0 Å². The molecule has 0 saturated heterocycles. The quantitative estimate of drug-likeness (QED) is 0.277. The van der Waals surface area contributed by atoms with Gasteiger partial charge in [-0.15, -0.1) is 0 Å². The highest BCUT2D eigenvalue weighted by Gasteiger charge is 2.30. The van der Waals surface area contributed by atoms with E-state index in [0.29, 0.717) is 12.8 Å². The molecule has 0 radical (unpaired) electrons. The van der Waals surface area contributed by atoms with E-state index in [1.807, 2.05) is 0 Å². The van der Waals surface area contributed by atoms with Crippen LogP contribution in [0.4, 0.5) is 0 Å². The topological polar surface area (TPSA) is 52.6 Å². The van der Waals surface area contributed by atoms with Gasteiger partial charge in [0.05, 0.1) is 12.9 Å². The predicted octanol–water partition coefficient (Wildman–Crippen LogP) is 5.14. The van der Waals surface area contributed by atoms with E-state index in [4.69, 9.17) is 4.43 Å². The van der Waals surface area contributed by atoms with Crippen LogP contribution in [0, 0.1) is 0 Å². The lowest BCUT2D eigenvalue weighted by Gasteiger charge is -2.25. The van der Waals surface area contributed by atoms with Crippen molar-refractivity contribution in [3.8, 4) is 0 Å². The molecule has 0 aromatic heterocycles. The van der Waals surface area contributed by atoms with Crippen LogP contribution in [0.3, 0.4) is 0 Å². The molecule has 0 N–H and O–H groups in total. The van der Waals surface area contributed by atoms with Gasteiger partial charge in [-0.05, 0) is 38.4 Å². The second kappa shape index (κ2) is 10.7. The van der Waals surface area contributed by atoms with Crippen molar-refractivity contribution in [2.24, 2.45) is 0 Å². The Labute approximate surface area is 148 Å². The standard InChI is InChI=1S/C19H34O4Si/c1-5-6-15-24(3,4)23-18-14-13-17(20)16(18)11-9-7-8-10-12-19(21)22-2/h5-15H2,1-4H3. The van der Waals surface area contributed by atoms with Crippen molar-refractivity contribution in [1.29, 1.82) is 0 Å². The summed E-state index contributed by atoms with van der Waals surface area (Å²) in [4.78, 5) is 23.2. The van der Waals surface area contributed by atoms with Crippen molar-refractivity contribution < 1.29 is 18.8 Å². The Morgan fingerprint density at radius 3 is 2.46 bits per heavy atom. The minimum absolute atomic E-state index is 0.140. The van der Waals surface area contributed by atoms with Crippen LogP contribution in [0.25, 0.3) is 0 Å². The van der Waals surface area contributed by atoms with Gasteiger partial charge in [-0.2, -0.15) is 0 Å². The number of ether oxygens (including phenoxy) is 1. The number of ketones is 1. The molecule has 0 unspecified atom stereocenters. The predicted molar refractivity (Wildman–Crippen MR) is 99.3 cm³/mol. The summed E-state index contributed by atoms with van der Waals surface area (Å²) in [6, 6.07) is 1.15. The number of unbranched alkanes of at least 4 members (excludes halogenated alkanes) is 4. The molecule has 0 aromatic rings. The van der Waals surface area contributed by atoms with Gasteiger partial charge >= 0.3 is 5.97 Å². The summed E-state index contributed by atoms with van der Waals surface area (Å²) in [5.74, 6) is 1.13. The zero-order chi connectivity index (χ0) is 18.0. The maximum atomic E-state index is 12.1. The number of hydrogen-bond donors (Lipinski definition) is 0. The zero-order valence-electron chi connectivity index (χ0n) is 15.9. The van der Waals surface area contributed by atoms with Crippen molar-refractivity contribution in [3.63, 3.8) is 0 Å². The first-order valence-corrected chi connectivity index (χ1v) is 12.5. The highest BCUT2D eigenvalue weighted by atomic mass is 28.4. The molecule has 4 nitrogen and oxygen atoms in total. The van der Waals surface area contributed by atoms with Crippen LogP contribution in [0.15, 0.2) is 11.3 Å². The maximum absolute atomic E-state index is 12.1. The zero-order valence-corrected chi connectivity index (χ0v) is 16.9. The lowest BCUT2D eigenvalue weighted by molar-refractivity contribution is -0.140. The Hall–Kier alpha value is -1.10. The molecule has 0 amide bonds. The number of Topliss-reactive ketones (excluding diaryl/α,β-unsaturated/α-hetero) is 1. The van der Waals surface area contributed by atoms with Gasteiger partial charge in [0.15, 0.2) is 5.78 Å². The number of hydrogen-bond acceptors (Lipinski definition) is 4. The third-order valence-corrected chi connectivity index (χ3v) is 6.93. The van der Waals surface area contributed by atoms with Gasteiger partial charge in [0.2, 0.25) is 8.32 Å². The molecule has 0 bridgehead atoms. The van der Waals surface area contributed by atoms with Gasteiger partial charge in [-0.3, -0.25) is 9.59 Å². The molecule has 1 aliphatic rings. The summed E-state index contributed by atoms with van der Waals surface area (Å²) in [6.45, 7) is 6.71. The van der Waals surface area contributed by atoms with Crippen LogP contribution in [0.5, 0.6) is 0 Å². The number of methoxy groups -OCH3 is 1. The van der Waals surface area contributed by atoms with E-state index in [0.717, 1.165) is 55.9 Å². The van der Waals surface area contributed by atoms with Gasteiger partial charge in [0, 0.05) is 24.8 Å². The lowest BCUT2D eigenvalue weighted by Crippen LogP contribution is -2.29. The molecule has 1 aliphatic carbocycles. The fourth-order valence-electron chi connectivity index (χ4n) is 3.09. The van der Waals surface area contributed by atoms with E-state index in [1.165, 1.54) is 20.0 Å². The number of allylic oxidation sites excluding steroid dienone is 2. The molecule has 0 saturated carbocycles. The van der Waals surface area contributed by atoms with Crippen LogP contribution >= 0.6 is 0 Å². The average molecular weight is 355 g/mol. The van der Waals surface area contributed by atoms with Crippen molar-refractivity contribution in [2.45, 2.75) is 90.3 Å². The first-order chi connectivity index (χ1) is 11.4. The Balaban J connectivity index is 2.41. The monoisotopic (exact) mass is 354 g/mol. The van der Waals surface area contributed by atoms with E-state index >= 15 is 0 Å².